The summed E-state index contributed by atoms with van der Waals surface area (Å²) in [5.74, 6) is -2.46. The van der Waals surface area contributed by atoms with Crippen molar-refractivity contribution in [2.45, 2.75) is 6.92 Å². The van der Waals surface area contributed by atoms with Crippen LogP contribution >= 0.6 is 15.9 Å². The number of rotatable bonds is 2. The number of hydrogen-bond donors (Lipinski definition) is 1. The molecule has 0 bridgehead atoms. The predicted molar refractivity (Wildman–Crippen MR) is 71.0 cm³/mol. The minimum absolute atomic E-state index is 0.230. The van der Waals surface area contributed by atoms with Gasteiger partial charge in [-0.05, 0) is 47.1 Å². The molecular formula is C13H9BrF2N2O. The first-order valence-corrected chi connectivity index (χ1v) is 6.17. The molecule has 1 amide bonds. The molecule has 3 nitrogen and oxygen atoms in total. The third-order valence-corrected chi connectivity index (χ3v) is 3.29. The molecule has 6 heteroatoms. The minimum atomic E-state index is -0.911. The molecule has 1 N–H and O–H groups in total. The summed E-state index contributed by atoms with van der Waals surface area (Å²) in [5.41, 5.74) is 0.0386. The fourth-order valence-corrected chi connectivity index (χ4v) is 1.73. The second kappa shape index (κ2) is 5.44. The molecule has 0 aliphatic rings. The molecule has 0 unspecified atom stereocenters. The smallest absolute Gasteiger partial charge is 0.262 e. The van der Waals surface area contributed by atoms with Gasteiger partial charge in [0.1, 0.15) is 23.0 Å². The number of pyridine rings is 1. The summed E-state index contributed by atoms with van der Waals surface area (Å²) in [6.07, 6.45) is 0. The highest BCUT2D eigenvalue weighted by Crippen LogP contribution is 2.18. The van der Waals surface area contributed by atoms with E-state index in [4.69, 9.17) is 0 Å². The van der Waals surface area contributed by atoms with E-state index < -0.39 is 23.1 Å². The number of carbonyl (C=O) groups is 1. The normalized spacial score (nSPS) is 10.3. The lowest BCUT2D eigenvalue weighted by molar-refractivity contribution is 0.101. The molecule has 0 aliphatic heterocycles. The van der Waals surface area contributed by atoms with Crippen LogP contribution in [0.5, 0.6) is 0 Å². The summed E-state index contributed by atoms with van der Waals surface area (Å²) < 4.78 is 27.6. The molecule has 0 fully saturated rings. The van der Waals surface area contributed by atoms with Crippen LogP contribution in [0.3, 0.4) is 0 Å². The van der Waals surface area contributed by atoms with E-state index in [0.717, 1.165) is 16.6 Å². The number of aryl methyl sites for hydroxylation is 1. The maximum Gasteiger partial charge on any atom is 0.262 e. The van der Waals surface area contributed by atoms with Crippen LogP contribution in [0, 0.1) is 18.6 Å². The number of amides is 1. The topological polar surface area (TPSA) is 42.0 Å². The monoisotopic (exact) mass is 326 g/mol. The number of nitrogens with zero attached hydrogens (tertiary/aromatic N) is 1. The molecule has 0 atom stereocenters. The number of nitrogens with one attached hydrogen (secondary N) is 1. The van der Waals surface area contributed by atoms with Crippen molar-refractivity contribution in [3.05, 3.63) is 57.7 Å². The second-order valence-corrected chi connectivity index (χ2v) is 4.67. The molecule has 0 saturated carbocycles. The van der Waals surface area contributed by atoms with Crippen LogP contribution in [-0.2, 0) is 0 Å². The number of halogens is 3. The summed E-state index contributed by atoms with van der Waals surface area (Å²) in [7, 11) is 0. The van der Waals surface area contributed by atoms with Gasteiger partial charge in [0.15, 0.2) is 0 Å². The Morgan fingerprint density at radius 1 is 1.21 bits per heavy atom. The Bertz CT molecular complexity index is 626. The summed E-state index contributed by atoms with van der Waals surface area (Å²) in [5, 5.41) is 2.36. The number of carbonyl (C=O) groups excluding carboxylic acids is 1. The first-order valence-electron chi connectivity index (χ1n) is 5.37. The van der Waals surface area contributed by atoms with Crippen molar-refractivity contribution in [3.8, 4) is 0 Å². The number of benzene rings is 1. The Balaban J connectivity index is 2.28. The van der Waals surface area contributed by atoms with Crippen molar-refractivity contribution >= 4 is 27.7 Å². The van der Waals surface area contributed by atoms with Gasteiger partial charge in [0.2, 0.25) is 0 Å². The Hall–Kier alpha value is -1.82. The number of aromatic nitrogens is 1. The highest BCUT2D eigenvalue weighted by Gasteiger charge is 2.17. The third-order valence-electron chi connectivity index (χ3n) is 2.45. The van der Waals surface area contributed by atoms with Crippen molar-refractivity contribution in [2.75, 3.05) is 5.32 Å². The van der Waals surface area contributed by atoms with Gasteiger partial charge in [0, 0.05) is 4.47 Å². The van der Waals surface area contributed by atoms with Gasteiger partial charge in [-0.15, -0.1) is 0 Å². The molecular weight excluding hydrogens is 318 g/mol. The molecule has 0 spiro atoms. The summed E-state index contributed by atoms with van der Waals surface area (Å²) in [4.78, 5) is 15.9. The van der Waals surface area contributed by atoms with Gasteiger partial charge in [-0.25, -0.2) is 13.8 Å². The SMILES string of the molecule is Cc1nc(NC(=O)c2c(F)cccc2F)ccc1Br. The van der Waals surface area contributed by atoms with E-state index in [1.807, 2.05) is 0 Å². The van der Waals surface area contributed by atoms with Gasteiger partial charge in [-0.1, -0.05) is 6.07 Å². The Kier molecular flexibility index (Phi) is 3.90. The highest BCUT2D eigenvalue weighted by molar-refractivity contribution is 9.10. The molecule has 2 aromatic rings. The molecule has 1 aromatic heterocycles. The van der Waals surface area contributed by atoms with Crippen LogP contribution in [0.25, 0.3) is 0 Å². The summed E-state index contributed by atoms with van der Waals surface area (Å²) >= 11 is 3.27. The van der Waals surface area contributed by atoms with Crippen LogP contribution < -0.4 is 5.32 Å². The van der Waals surface area contributed by atoms with Gasteiger partial charge >= 0.3 is 0 Å². The summed E-state index contributed by atoms with van der Waals surface area (Å²) in [6.45, 7) is 1.74. The average Bonchev–Trinajstić information content (AvgIpc) is 2.33. The lowest BCUT2D eigenvalue weighted by Gasteiger charge is -2.07. The molecule has 0 saturated heterocycles. The molecule has 0 aliphatic carbocycles. The van der Waals surface area contributed by atoms with Crippen LogP contribution in [-0.4, -0.2) is 10.9 Å². The van der Waals surface area contributed by atoms with Crippen LogP contribution in [0.15, 0.2) is 34.8 Å². The minimum Gasteiger partial charge on any atom is -0.306 e. The van der Waals surface area contributed by atoms with Crippen molar-refractivity contribution in [1.29, 1.82) is 0 Å². The zero-order chi connectivity index (χ0) is 14.0. The van der Waals surface area contributed by atoms with E-state index in [2.05, 4.69) is 26.2 Å². The Morgan fingerprint density at radius 3 is 2.42 bits per heavy atom. The predicted octanol–water partition coefficient (Wildman–Crippen LogP) is 3.68. The average molecular weight is 327 g/mol. The van der Waals surface area contributed by atoms with E-state index in [1.165, 1.54) is 12.1 Å². The maximum atomic E-state index is 13.4. The molecule has 19 heavy (non-hydrogen) atoms. The van der Waals surface area contributed by atoms with E-state index in [-0.39, 0.29) is 5.82 Å². The van der Waals surface area contributed by atoms with E-state index in [1.54, 1.807) is 13.0 Å². The number of hydrogen-bond acceptors (Lipinski definition) is 2. The van der Waals surface area contributed by atoms with Crippen molar-refractivity contribution in [3.63, 3.8) is 0 Å². The quantitative estimate of drug-likeness (QED) is 0.914. The fourth-order valence-electron chi connectivity index (χ4n) is 1.51. The second-order valence-electron chi connectivity index (χ2n) is 3.81. The van der Waals surface area contributed by atoms with Gasteiger partial charge < -0.3 is 5.32 Å². The molecule has 2 rings (SSSR count). The first-order chi connectivity index (χ1) is 8.99. The van der Waals surface area contributed by atoms with E-state index in [0.29, 0.717) is 5.69 Å². The standard InChI is InChI=1S/C13H9BrF2N2O/c1-7-8(14)5-6-11(17-7)18-13(19)12-9(15)3-2-4-10(12)16/h2-6H,1H3,(H,17,18,19). The van der Waals surface area contributed by atoms with Gasteiger partial charge in [-0.2, -0.15) is 0 Å². The lowest BCUT2D eigenvalue weighted by Crippen LogP contribution is -2.16. The fraction of sp³-hybridized carbons (Fsp3) is 0.0769. The van der Waals surface area contributed by atoms with Gasteiger partial charge in [0.25, 0.3) is 5.91 Å². The van der Waals surface area contributed by atoms with E-state index >= 15 is 0 Å². The molecule has 98 valence electrons. The molecule has 1 aromatic carbocycles. The molecule has 1 heterocycles. The highest BCUT2D eigenvalue weighted by atomic mass is 79.9. The zero-order valence-electron chi connectivity index (χ0n) is 9.88. The molecule has 0 radical (unpaired) electrons. The van der Waals surface area contributed by atoms with Crippen molar-refractivity contribution < 1.29 is 13.6 Å². The van der Waals surface area contributed by atoms with Crippen LogP contribution in [0.2, 0.25) is 0 Å². The van der Waals surface area contributed by atoms with Crippen LogP contribution in [0.4, 0.5) is 14.6 Å². The van der Waals surface area contributed by atoms with Crippen molar-refractivity contribution in [1.82, 2.24) is 4.98 Å². The Labute approximate surface area is 116 Å². The first kappa shape index (κ1) is 13.6. The summed E-state index contributed by atoms with van der Waals surface area (Å²) in [6, 6.07) is 6.48. The van der Waals surface area contributed by atoms with Crippen molar-refractivity contribution in [2.24, 2.45) is 0 Å². The largest absolute Gasteiger partial charge is 0.306 e. The maximum absolute atomic E-state index is 13.4. The lowest BCUT2D eigenvalue weighted by atomic mass is 10.2. The number of anilines is 1. The van der Waals surface area contributed by atoms with Gasteiger partial charge in [0.05, 0.1) is 5.69 Å². The van der Waals surface area contributed by atoms with Crippen LogP contribution in [0.1, 0.15) is 16.1 Å². The van der Waals surface area contributed by atoms with E-state index in [9.17, 15) is 13.6 Å². The van der Waals surface area contributed by atoms with Gasteiger partial charge in [-0.3, -0.25) is 4.79 Å². The third kappa shape index (κ3) is 2.96. The zero-order valence-corrected chi connectivity index (χ0v) is 11.5. The Morgan fingerprint density at radius 2 is 1.84 bits per heavy atom.